The lowest BCUT2D eigenvalue weighted by Crippen LogP contribution is -2.52. The van der Waals surface area contributed by atoms with E-state index in [2.05, 4.69) is 19.9 Å². The summed E-state index contributed by atoms with van der Waals surface area (Å²) in [7, 11) is 0. The van der Waals surface area contributed by atoms with Gasteiger partial charge in [-0.15, -0.1) is 0 Å². The van der Waals surface area contributed by atoms with Crippen molar-refractivity contribution in [2.45, 2.75) is 71.6 Å². The minimum Gasteiger partial charge on any atom is -0.550 e. The number of carbonyl (C=O) groups is 2. The Bertz CT molecular complexity index is 606. The lowest BCUT2D eigenvalue weighted by Gasteiger charge is -2.59. The molecule has 0 saturated heterocycles. The van der Waals surface area contributed by atoms with Crippen LogP contribution in [0.4, 0.5) is 0 Å². The zero-order chi connectivity index (χ0) is 17.1. The molecule has 0 aromatic rings. The Morgan fingerprint density at radius 1 is 1.21 bits per heavy atom. The van der Waals surface area contributed by atoms with E-state index < -0.39 is 5.97 Å². The Morgan fingerprint density at radius 3 is 2.75 bits per heavy atom. The molecule has 3 heteroatoms. The number of fused-ring (bicyclic) bond motifs is 5. The molecule has 4 aliphatic rings. The Kier molecular flexibility index (Phi) is 3.71. The average Bonchev–Trinajstić information content (AvgIpc) is 2.83. The molecular formula is C21H29O3-. The molecule has 3 saturated carbocycles. The second-order valence-electron chi connectivity index (χ2n) is 9.39. The molecule has 0 heterocycles. The highest BCUT2D eigenvalue weighted by atomic mass is 16.4. The first-order valence-corrected chi connectivity index (χ1v) is 9.75. The number of carboxylic acids is 1. The van der Waals surface area contributed by atoms with Crippen LogP contribution in [0, 0.1) is 34.5 Å². The van der Waals surface area contributed by atoms with Crippen molar-refractivity contribution in [3.8, 4) is 0 Å². The Labute approximate surface area is 144 Å². The summed E-state index contributed by atoms with van der Waals surface area (Å²) in [6.07, 6.45) is 10.8. The fraction of sp³-hybridized carbons (Fsp3) is 0.810. The van der Waals surface area contributed by atoms with Crippen LogP contribution in [-0.4, -0.2) is 11.8 Å². The van der Waals surface area contributed by atoms with E-state index >= 15 is 0 Å². The third kappa shape index (κ3) is 2.23. The van der Waals surface area contributed by atoms with Crippen LogP contribution < -0.4 is 5.11 Å². The molecule has 0 bridgehead atoms. The number of hydrogen-bond acceptors (Lipinski definition) is 3. The van der Waals surface area contributed by atoms with Crippen LogP contribution >= 0.6 is 0 Å². The molecule has 0 aromatic carbocycles. The van der Waals surface area contributed by atoms with Crippen molar-refractivity contribution in [2.24, 2.45) is 34.5 Å². The maximum absolute atomic E-state index is 12.4. The smallest absolute Gasteiger partial charge is 0.139 e. The maximum Gasteiger partial charge on any atom is 0.139 e. The van der Waals surface area contributed by atoms with Gasteiger partial charge in [-0.1, -0.05) is 25.5 Å². The van der Waals surface area contributed by atoms with E-state index in [1.807, 2.05) is 0 Å². The second-order valence-corrected chi connectivity index (χ2v) is 9.39. The Hall–Kier alpha value is -1.12. The lowest BCUT2D eigenvalue weighted by molar-refractivity contribution is -0.304. The number of allylic oxidation sites excluding steroid dienone is 1. The third-order valence-electron chi connectivity index (χ3n) is 8.48. The summed E-state index contributed by atoms with van der Waals surface area (Å²) in [6.45, 7) is 4.68. The Balaban J connectivity index is 1.59. The number of hydrogen-bond donors (Lipinski definition) is 0. The third-order valence-corrected chi connectivity index (χ3v) is 8.48. The minimum atomic E-state index is -0.948. The van der Waals surface area contributed by atoms with Gasteiger partial charge in [0.1, 0.15) is 5.78 Å². The van der Waals surface area contributed by atoms with Crippen molar-refractivity contribution in [3.63, 3.8) is 0 Å². The van der Waals surface area contributed by atoms with Crippen molar-refractivity contribution in [1.82, 2.24) is 0 Å². The highest BCUT2D eigenvalue weighted by Crippen LogP contribution is 2.65. The molecule has 0 amide bonds. The van der Waals surface area contributed by atoms with E-state index in [-0.39, 0.29) is 11.8 Å². The summed E-state index contributed by atoms with van der Waals surface area (Å²) < 4.78 is 0. The predicted molar refractivity (Wildman–Crippen MR) is 89.8 cm³/mol. The van der Waals surface area contributed by atoms with Gasteiger partial charge < -0.3 is 9.90 Å². The molecule has 132 valence electrons. The first kappa shape index (κ1) is 16.4. The maximum atomic E-state index is 12.4. The van der Waals surface area contributed by atoms with Crippen LogP contribution in [0.3, 0.4) is 0 Å². The van der Waals surface area contributed by atoms with Gasteiger partial charge in [0.05, 0.1) is 0 Å². The first-order chi connectivity index (χ1) is 11.3. The van der Waals surface area contributed by atoms with Crippen LogP contribution in [0.15, 0.2) is 11.6 Å². The van der Waals surface area contributed by atoms with E-state index in [4.69, 9.17) is 0 Å². The molecule has 0 spiro atoms. The fourth-order valence-electron chi connectivity index (χ4n) is 7.05. The van der Waals surface area contributed by atoms with Crippen LogP contribution in [0.5, 0.6) is 0 Å². The van der Waals surface area contributed by atoms with E-state index in [0.717, 1.165) is 37.7 Å². The standard InChI is InChI=1S/C21H30O3/c1-20-9-7-13(12-19(23)24)11-14(20)3-4-15-16-5-6-18(22)21(16,2)10-8-17(15)20/h7,14-17H,3-6,8-12H2,1-2H3,(H,23,24)/p-1/t14-,15+,16-,17+,20-,21-/m0/s1. The zero-order valence-corrected chi connectivity index (χ0v) is 15.0. The largest absolute Gasteiger partial charge is 0.550 e. The van der Waals surface area contributed by atoms with Gasteiger partial charge in [-0.3, -0.25) is 4.79 Å². The summed E-state index contributed by atoms with van der Waals surface area (Å²) >= 11 is 0. The summed E-state index contributed by atoms with van der Waals surface area (Å²) in [5.74, 6) is 2.18. The number of ketones is 1. The number of carbonyl (C=O) groups excluding carboxylic acids is 2. The lowest BCUT2D eigenvalue weighted by atomic mass is 9.45. The van der Waals surface area contributed by atoms with Crippen LogP contribution in [-0.2, 0) is 9.59 Å². The molecule has 24 heavy (non-hydrogen) atoms. The number of rotatable bonds is 2. The Morgan fingerprint density at radius 2 is 2.00 bits per heavy atom. The molecule has 3 nitrogen and oxygen atoms in total. The normalized spacial score (nSPS) is 47.4. The zero-order valence-electron chi connectivity index (χ0n) is 15.0. The van der Waals surface area contributed by atoms with Crippen molar-refractivity contribution < 1.29 is 14.7 Å². The van der Waals surface area contributed by atoms with Crippen molar-refractivity contribution in [3.05, 3.63) is 11.6 Å². The number of carboxylic acid groups (broad SMARTS) is 1. The van der Waals surface area contributed by atoms with Crippen molar-refractivity contribution in [1.29, 1.82) is 0 Å². The summed E-state index contributed by atoms with van der Waals surface area (Å²) in [6, 6.07) is 0. The molecule has 3 fully saturated rings. The average molecular weight is 329 g/mol. The summed E-state index contributed by atoms with van der Waals surface area (Å²) in [5.41, 5.74) is 1.33. The second kappa shape index (κ2) is 5.44. The SMILES string of the molecule is C[C@]12CC=C(CC(=O)[O-])C[C@@H]1CC[C@H]1[C@H]2CC[C@]2(C)C(=O)CC[C@@H]12. The molecule has 6 atom stereocenters. The van der Waals surface area contributed by atoms with Crippen LogP contribution in [0.1, 0.15) is 71.6 Å². The van der Waals surface area contributed by atoms with Gasteiger partial charge in [-0.05, 0) is 74.0 Å². The number of Topliss-reactive ketones (excluding diaryl/α,β-unsaturated/α-hetero) is 1. The molecule has 4 aliphatic carbocycles. The van der Waals surface area contributed by atoms with E-state index in [0.29, 0.717) is 34.9 Å². The van der Waals surface area contributed by atoms with Gasteiger partial charge in [0, 0.05) is 24.2 Å². The first-order valence-electron chi connectivity index (χ1n) is 9.75. The van der Waals surface area contributed by atoms with Gasteiger partial charge in [0.15, 0.2) is 0 Å². The van der Waals surface area contributed by atoms with Gasteiger partial charge in [0.2, 0.25) is 0 Å². The molecule has 0 aromatic heterocycles. The van der Waals surface area contributed by atoms with Gasteiger partial charge in [0.25, 0.3) is 0 Å². The molecule has 0 N–H and O–H groups in total. The van der Waals surface area contributed by atoms with E-state index in [1.54, 1.807) is 0 Å². The van der Waals surface area contributed by atoms with Gasteiger partial charge in [-0.2, -0.15) is 0 Å². The summed E-state index contributed by atoms with van der Waals surface area (Å²) in [5, 5.41) is 10.9. The van der Waals surface area contributed by atoms with Crippen molar-refractivity contribution in [2.75, 3.05) is 0 Å². The quantitative estimate of drug-likeness (QED) is 0.731. The topological polar surface area (TPSA) is 57.2 Å². The molecule has 0 unspecified atom stereocenters. The van der Waals surface area contributed by atoms with Crippen molar-refractivity contribution >= 4 is 11.8 Å². The summed E-state index contributed by atoms with van der Waals surface area (Å²) in [4.78, 5) is 23.4. The monoisotopic (exact) mass is 329 g/mol. The highest BCUT2D eigenvalue weighted by Gasteiger charge is 2.59. The molecule has 0 radical (unpaired) electrons. The predicted octanol–water partition coefficient (Wildman–Crippen LogP) is 3.27. The number of aliphatic carboxylic acids is 1. The van der Waals surface area contributed by atoms with Crippen LogP contribution in [0.2, 0.25) is 0 Å². The van der Waals surface area contributed by atoms with Gasteiger partial charge in [-0.25, -0.2) is 0 Å². The van der Waals surface area contributed by atoms with Crippen LogP contribution in [0.25, 0.3) is 0 Å². The highest BCUT2D eigenvalue weighted by molar-refractivity contribution is 5.87. The molecule has 4 rings (SSSR count). The van der Waals surface area contributed by atoms with E-state index in [9.17, 15) is 14.7 Å². The minimum absolute atomic E-state index is 0.0466. The van der Waals surface area contributed by atoms with Gasteiger partial charge >= 0.3 is 0 Å². The van der Waals surface area contributed by atoms with E-state index in [1.165, 1.54) is 19.3 Å². The fourth-order valence-corrected chi connectivity index (χ4v) is 7.05. The molecular weight excluding hydrogens is 300 g/mol. The molecule has 0 aliphatic heterocycles.